The maximum atomic E-state index is 12.3. The van der Waals surface area contributed by atoms with Crippen molar-refractivity contribution in [2.75, 3.05) is 17.4 Å². The molecule has 2 aromatic carbocycles. The van der Waals surface area contributed by atoms with E-state index in [1.807, 2.05) is 49.4 Å². The lowest BCUT2D eigenvalue weighted by Crippen LogP contribution is -2.12. The smallest absolute Gasteiger partial charge is 0.275 e. The highest BCUT2D eigenvalue weighted by Crippen LogP contribution is 2.35. The molecule has 0 fully saturated rings. The molecule has 126 valence electrons. The number of nitrogens with one attached hydrogen (secondary N) is 2. The maximum Gasteiger partial charge on any atom is 0.275 e. The number of amides is 1. The minimum Gasteiger partial charge on any atom is -0.454 e. The second-order valence-electron chi connectivity index (χ2n) is 5.55. The van der Waals surface area contributed by atoms with E-state index in [2.05, 4.69) is 15.6 Å². The predicted molar refractivity (Wildman–Crippen MR) is 97.1 cm³/mol. The van der Waals surface area contributed by atoms with Crippen molar-refractivity contribution < 1.29 is 14.3 Å². The van der Waals surface area contributed by atoms with Gasteiger partial charge in [-0.15, -0.1) is 11.3 Å². The molecule has 3 aromatic rings. The third kappa shape index (κ3) is 3.41. The third-order valence-corrected chi connectivity index (χ3v) is 4.39. The lowest BCUT2D eigenvalue weighted by atomic mass is 10.2. The number of hydrogen-bond donors (Lipinski definition) is 2. The summed E-state index contributed by atoms with van der Waals surface area (Å²) in [6.07, 6.45) is 0. The van der Waals surface area contributed by atoms with E-state index < -0.39 is 0 Å². The van der Waals surface area contributed by atoms with Gasteiger partial charge in [0.15, 0.2) is 16.6 Å². The van der Waals surface area contributed by atoms with Gasteiger partial charge < -0.3 is 20.1 Å². The Kier molecular flexibility index (Phi) is 3.99. The molecule has 7 heteroatoms. The summed E-state index contributed by atoms with van der Waals surface area (Å²) in [6.45, 7) is 2.21. The summed E-state index contributed by atoms with van der Waals surface area (Å²) in [4.78, 5) is 16.7. The maximum absolute atomic E-state index is 12.3. The Hall–Kier alpha value is -3.06. The normalized spacial score (nSPS) is 12.0. The van der Waals surface area contributed by atoms with Gasteiger partial charge in [0.2, 0.25) is 6.79 Å². The summed E-state index contributed by atoms with van der Waals surface area (Å²) < 4.78 is 10.6. The molecular formula is C18H15N3O3S. The molecule has 4 rings (SSSR count). The van der Waals surface area contributed by atoms with Crippen molar-refractivity contribution in [3.63, 3.8) is 0 Å². The highest BCUT2D eigenvalue weighted by molar-refractivity contribution is 7.14. The number of benzene rings is 2. The first-order valence-corrected chi connectivity index (χ1v) is 8.55. The summed E-state index contributed by atoms with van der Waals surface area (Å²) in [5.74, 6) is 1.18. The number of hydrogen-bond acceptors (Lipinski definition) is 6. The highest BCUT2D eigenvalue weighted by Gasteiger charge is 2.15. The molecule has 1 aromatic heterocycles. The number of fused-ring (bicyclic) bond motifs is 1. The first-order valence-electron chi connectivity index (χ1n) is 7.67. The monoisotopic (exact) mass is 353 g/mol. The fourth-order valence-corrected chi connectivity index (χ4v) is 3.16. The Balaban J connectivity index is 1.45. The van der Waals surface area contributed by atoms with Crippen molar-refractivity contribution in [1.82, 2.24) is 4.98 Å². The molecule has 2 heterocycles. The van der Waals surface area contributed by atoms with Crippen molar-refractivity contribution >= 4 is 33.8 Å². The van der Waals surface area contributed by atoms with E-state index in [0.29, 0.717) is 16.6 Å². The molecule has 0 saturated heterocycles. The number of rotatable bonds is 4. The summed E-state index contributed by atoms with van der Waals surface area (Å²) in [5, 5.41) is 8.38. The van der Waals surface area contributed by atoms with Crippen LogP contribution in [-0.2, 0) is 0 Å². The Morgan fingerprint density at radius 3 is 2.88 bits per heavy atom. The summed E-state index contributed by atoms with van der Waals surface area (Å²) in [5.41, 5.74) is 3.03. The van der Waals surface area contributed by atoms with Crippen LogP contribution in [0.3, 0.4) is 0 Å². The van der Waals surface area contributed by atoms with E-state index in [9.17, 15) is 4.79 Å². The van der Waals surface area contributed by atoms with Gasteiger partial charge in [0, 0.05) is 22.8 Å². The van der Waals surface area contributed by atoms with Gasteiger partial charge in [-0.05, 0) is 36.8 Å². The van der Waals surface area contributed by atoms with Crippen LogP contribution in [0.5, 0.6) is 11.5 Å². The molecule has 0 atom stereocenters. The quantitative estimate of drug-likeness (QED) is 0.736. The zero-order chi connectivity index (χ0) is 17.2. The van der Waals surface area contributed by atoms with E-state index in [0.717, 1.165) is 22.7 Å². The number of carbonyl (C=O) groups is 1. The first-order chi connectivity index (χ1) is 12.2. The van der Waals surface area contributed by atoms with Gasteiger partial charge in [0.1, 0.15) is 5.69 Å². The molecule has 1 amide bonds. The molecule has 25 heavy (non-hydrogen) atoms. The Labute approximate surface area is 148 Å². The van der Waals surface area contributed by atoms with Crippen LogP contribution in [-0.4, -0.2) is 17.7 Å². The van der Waals surface area contributed by atoms with Crippen LogP contribution in [0.4, 0.5) is 16.5 Å². The van der Waals surface area contributed by atoms with Crippen molar-refractivity contribution in [2.45, 2.75) is 6.92 Å². The molecular weight excluding hydrogens is 338 g/mol. The molecule has 0 unspecified atom stereocenters. The Morgan fingerprint density at radius 1 is 1.12 bits per heavy atom. The van der Waals surface area contributed by atoms with Gasteiger partial charge >= 0.3 is 0 Å². The van der Waals surface area contributed by atoms with Crippen molar-refractivity contribution in [3.05, 3.63) is 59.1 Å². The fourth-order valence-electron chi connectivity index (χ4n) is 2.45. The van der Waals surface area contributed by atoms with Gasteiger partial charge in [-0.25, -0.2) is 4.98 Å². The minimum absolute atomic E-state index is 0.235. The fraction of sp³-hybridized carbons (Fsp3) is 0.111. The largest absolute Gasteiger partial charge is 0.454 e. The topological polar surface area (TPSA) is 72.5 Å². The Bertz CT molecular complexity index is 939. The van der Waals surface area contributed by atoms with Crippen LogP contribution in [0.15, 0.2) is 47.8 Å². The molecule has 1 aliphatic rings. The number of ether oxygens (including phenoxy) is 2. The minimum atomic E-state index is -0.236. The van der Waals surface area contributed by atoms with Crippen molar-refractivity contribution in [3.8, 4) is 11.5 Å². The highest BCUT2D eigenvalue weighted by atomic mass is 32.1. The molecule has 0 radical (unpaired) electrons. The van der Waals surface area contributed by atoms with Gasteiger partial charge in [0.05, 0.1) is 0 Å². The zero-order valence-electron chi connectivity index (χ0n) is 13.4. The van der Waals surface area contributed by atoms with Gasteiger partial charge in [-0.2, -0.15) is 0 Å². The van der Waals surface area contributed by atoms with Crippen LogP contribution in [0.2, 0.25) is 0 Å². The molecule has 0 aliphatic carbocycles. The summed E-state index contributed by atoms with van der Waals surface area (Å²) in [7, 11) is 0. The van der Waals surface area contributed by atoms with E-state index in [1.54, 1.807) is 5.38 Å². The van der Waals surface area contributed by atoms with E-state index >= 15 is 0 Å². The number of nitrogens with zero attached hydrogens (tertiary/aromatic N) is 1. The molecule has 2 N–H and O–H groups in total. The van der Waals surface area contributed by atoms with Crippen molar-refractivity contribution in [2.24, 2.45) is 0 Å². The number of anilines is 3. The third-order valence-electron chi connectivity index (χ3n) is 3.64. The molecule has 0 bridgehead atoms. The zero-order valence-corrected chi connectivity index (χ0v) is 14.2. The van der Waals surface area contributed by atoms with Gasteiger partial charge in [-0.1, -0.05) is 12.1 Å². The Morgan fingerprint density at radius 2 is 2.00 bits per heavy atom. The average Bonchev–Trinajstić information content (AvgIpc) is 3.23. The van der Waals surface area contributed by atoms with Crippen LogP contribution in [0.1, 0.15) is 16.1 Å². The van der Waals surface area contributed by atoms with E-state index in [4.69, 9.17) is 9.47 Å². The molecule has 0 spiro atoms. The van der Waals surface area contributed by atoms with Crippen LogP contribution in [0.25, 0.3) is 0 Å². The number of aryl methyl sites for hydroxylation is 1. The van der Waals surface area contributed by atoms with Crippen LogP contribution in [0, 0.1) is 6.92 Å². The molecule has 0 saturated carbocycles. The standard InChI is InChI=1S/C18H15N3O3S/c1-11-3-2-4-12(7-11)19-17(22)14-9-25-18(21-14)20-13-5-6-15-16(8-13)24-10-23-15/h2-9H,10H2,1H3,(H,19,22)(H,20,21). The van der Waals surface area contributed by atoms with Crippen LogP contribution < -0.4 is 20.1 Å². The summed E-state index contributed by atoms with van der Waals surface area (Å²) >= 11 is 1.36. The van der Waals surface area contributed by atoms with Crippen molar-refractivity contribution in [1.29, 1.82) is 0 Å². The van der Waals surface area contributed by atoms with Gasteiger partial charge in [-0.3, -0.25) is 4.79 Å². The van der Waals surface area contributed by atoms with Gasteiger partial charge in [0.25, 0.3) is 5.91 Å². The number of carbonyl (C=O) groups excluding carboxylic acids is 1. The second-order valence-corrected chi connectivity index (χ2v) is 6.41. The first kappa shape index (κ1) is 15.5. The molecule has 1 aliphatic heterocycles. The van der Waals surface area contributed by atoms with Crippen LogP contribution >= 0.6 is 11.3 Å². The predicted octanol–water partition coefficient (Wildman–Crippen LogP) is 4.18. The number of aromatic nitrogens is 1. The SMILES string of the molecule is Cc1cccc(NC(=O)c2csc(Nc3ccc4c(c3)OCO4)n2)c1. The lowest BCUT2D eigenvalue weighted by molar-refractivity contribution is 0.102. The molecule has 6 nitrogen and oxygen atoms in total. The summed E-state index contributed by atoms with van der Waals surface area (Å²) in [6, 6.07) is 13.2. The van der Waals surface area contributed by atoms with E-state index in [-0.39, 0.29) is 12.7 Å². The average molecular weight is 353 g/mol. The van der Waals surface area contributed by atoms with E-state index in [1.165, 1.54) is 11.3 Å². The lowest BCUT2D eigenvalue weighted by Gasteiger charge is -2.04. The second kappa shape index (κ2) is 6.45. The number of thiazole rings is 1.